The van der Waals surface area contributed by atoms with E-state index in [1.165, 1.54) is 0 Å². The molecule has 0 spiro atoms. The lowest BCUT2D eigenvalue weighted by Crippen LogP contribution is -2.25. The minimum absolute atomic E-state index is 0. The molecule has 2 rings (SSSR count). The average Bonchev–Trinajstić information content (AvgIpc) is 2.38. The monoisotopic (exact) mass is 325 g/mol. The van der Waals surface area contributed by atoms with E-state index in [2.05, 4.69) is 26.1 Å². The molecule has 0 aliphatic heterocycles. The van der Waals surface area contributed by atoms with Crippen LogP contribution in [0, 0.1) is 0 Å². The lowest BCUT2D eigenvalue weighted by molar-refractivity contribution is 0.596. The van der Waals surface area contributed by atoms with E-state index in [0.717, 1.165) is 5.69 Å². The first-order valence-corrected chi connectivity index (χ1v) is 7.96. The summed E-state index contributed by atoms with van der Waals surface area (Å²) >= 11 is 0. The molecule has 0 heterocycles. The highest BCUT2D eigenvalue weighted by Crippen LogP contribution is 2.23. The first-order valence-electron chi connectivity index (χ1n) is 6.47. The van der Waals surface area contributed by atoms with Gasteiger partial charge in [-0.05, 0) is 57.2 Å². The predicted molar refractivity (Wildman–Crippen MR) is 89.0 cm³/mol. The molecule has 0 radical (unpaired) electrons. The Morgan fingerprint density at radius 2 is 1.29 bits per heavy atom. The predicted octanol–water partition coefficient (Wildman–Crippen LogP) is 4.15. The number of halogens is 1. The Balaban J connectivity index is 0.00000220. The highest BCUT2D eigenvalue weighted by Gasteiger charge is 2.17. The van der Waals surface area contributed by atoms with Crippen LogP contribution in [0.5, 0.6) is 0 Å². The van der Waals surface area contributed by atoms with Crippen LogP contribution in [0.15, 0.2) is 64.4 Å². The van der Waals surface area contributed by atoms with Gasteiger partial charge < -0.3 is 5.32 Å². The fraction of sp³-hybridized carbons (Fsp3) is 0.250. The van der Waals surface area contributed by atoms with Crippen molar-refractivity contribution >= 4 is 27.9 Å². The van der Waals surface area contributed by atoms with Crippen molar-refractivity contribution in [2.24, 2.45) is 0 Å². The van der Waals surface area contributed by atoms with Gasteiger partial charge in [-0.1, -0.05) is 18.2 Å². The Kier molecular flexibility index (Phi) is 5.42. The first-order chi connectivity index (χ1) is 9.29. The molecule has 0 unspecified atom stereocenters. The van der Waals surface area contributed by atoms with Gasteiger partial charge in [0.2, 0.25) is 9.84 Å². The molecule has 0 aromatic heterocycles. The molecule has 0 amide bonds. The van der Waals surface area contributed by atoms with Crippen LogP contribution in [0.2, 0.25) is 0 Å². The zero-order chi connectivity index (χ0) is 14.8. The molecule has 5 heteroatoms. The number of nitrogens with one attached hydrogen (secondary N) is 1. The van der Waals surface area contributed by atoms with Gasteiger partial charge in [0, 0.05) is 11.2 Å². The normalized spacial score (nSPS) is 11.6. The Morgan fingerprint density at radius 3 is 1.76 bits per heavy atom. The SMILES string of the molecule is CC(C)(C)Nc1ccc(S(=O)(=O)c2ccccc2)cc1.Cl. The third-order valence-corrected chi connectivity index (χ3v) is 4.52. The molecule has 0 bridgehead atoms. The molecule has 0 saturated carbocycles. The number of benzene rings is 2. The summed E-state index contributed by atoms with van der Waals surface area (Å²) < 4.78 is 24.8. The Labute approximate surface area is 132 Å². The fourth-order valence-electron chi connectivity index (χ4n) is 1.89. The van der Waals surface area contributed by atoms with Gasteiger partial charge in [0.25, 0.3) is 0 Å². The van der Waals surface area contributed by atoms with E-state index < -0.39 is 9.84 Å². The van der Waals surface area contributed by atoms with E-state index in [4.69, 9.17) is 0 Å². The average molecular weight is 326 g/mol. The zero-order valence-corrected chi connectivity index (χ0v) is 14.0. The van der Waals surface area contributed by atoms with E-state index in [-0.39, 0.29) is 17.9 Å². The second-order valence-electron chi connectivity index (χ2n) is 5.72. The number of rotatable bonds is 3. The Hall–Kier alpha value is -1.52. The van der Waals surface area contributed by atoms with Crippen LogP contribution < -0.4 is 5.32 Å². The lowest BCUT2D eigenvalue weighted by atomic mass is 10.1. The molecule has 0 saturated heterocycles. The van der Waals surface area contributed by atoms with Crippen molar-refractivity contribution in [1.29, 1.82) is 0 Å². The quantitative estimate of drug-likeness (QED) is 0.922. The summed E-state index contributed by atoms with van der Waals surface area (Å²) in [6, 6.07) is 15.3. The zero-order valence-electron chi connectivity index (χ0n) is 12.3. The van der Waals surface area contributed by atoms with Crippen LogP contribution in [-0.4, -0.2) is 14.0 Å². The van der Waals surface area contributed by atoms with Gasteiger partial charge in [0.1, 0.15) is 0 Å². The second kappa shape index (κ2) is 6.50. The highest BCUT2D eigenvalue weighted by molar-refractivity contribution is 7.91. The van der Waals surface area contributed by atoms with Gasteiger partial charge >= 0.3 is 0 Å². The lowest BCUT2D eigenvalue weighted by Gasteiger charge is -2.22. The van der Waals surface area contributed by atoms with Crippen LogP contribution in [0.4, 0.5) is 5.69 Å². The van der Waals surface area contributed by atoms with E-state index in [9.17, 15) is 8.42 Å². The van der Waals surface area contributed by atoms with Crippen LogP contribution in [-0.2, 0) is 9.84 Å². The van der Waals surface area contributed by atoms with E-state index in [1.54, 1.807) is 54.6 Å². The van der Waals surface area contributed by atoms with Gasteiger partial charge in [0.15, 0.2) is 0 Å². The second-order valence-corrected chi connectivity index (χ2v) is 7.67. The van der Waals surface area contributed by atoms with Crippen molar-refractivity contribution in [2.45, 2.75) is 36.1 Å². The van der Waals surface area contributed by atoms with Crippen molar-refractivity contribution in [3.05, 3.63) is 54.6 Å². The van der Waals surface area contributed by atoms with E-state index in [0.29, 0.717) is 9.79 Å². The minimum atomic E-state index is -3.43. The van der Waals surface area contributed by atoms with Crippen molar-refractivity contribution in [3.63, 3.8) is 0 Å². The summed E-state index contributed by atoms with van der Waals surface area (Å²) in [4.78, 5) is 0.625. The van der Waals surface area contributed by atoms with Crippen LogP contribution in [0.1, 0.15) is 20.8 Å². The molecule has 114 valence electrons. The maximum atomic E-state index is 12.4. The fourth-order valence-corrected chi connectivity index (χ4v) is 3.17. The molecule has 3 nitrogen and oxygen atoms in total. The molecule has 2 aromatic carbocycles. The summed E-state index contributed by atoms with van der Waals surface area (Å²) in [5.74, 6) is 0. The molecule has 21 heavy (non-hydrogen) atoms. The molecule has 1 N–H and O–H groups in total. The smallest absolute Gasteiger partial charge is 0.206 e. The molecule has 0 aliphatic carbocycles. The largest absolute Gasteiger partial charge is 0.380 e. The molecule has 0 atom stereocenters. The first kappa shape index (κ1) is 17.5. The van der Waals surface area contributed by atoms with Crippen molar-refractivity contribution in [3.8, 4) is 0 Å². The number of hydrogen-bond donors (Lipinski definition) is 1. The van der Waals surface area contributed by atoms with Gasteiger partial charge in [-0.15, -0.1) is 12.4 Å². The number of sulfone groups is 1. The maximum absolute atomic E-state index is 12.4. The standard InChI is InChI=1S/C16H19NO2S.ClH/c1-16(2,3)17-13-9-11-15(12-10-13)20(18,19)14-7-5-4-6-8-14;/h4-12,17H,1-3H3;1H. The van der Waals surface area contributed by atoms with Crippen molar-refractivity contribution in [1.82, 2.24) is 0 Å². The maximum Gasteiger partial charge on any atom is 0.206 e. The van der Waals surface area contributed by atoms with Gasteiger partial charge in [-0.2, -0.15) is 0 Å². The van der Waals surface area contributed by atoms with Gasteiger partial charge in [0.05, 0.1) is 9.79 Å². The molecule has 2 aromatic rings. The summed E-state index contributed by atoms with van der Waals surface area (Å²) in [5, 5.41) is 3.30. The van der Waals surface area contributed by atoms with Crippen LogP contribution >= 0.6 is 12.4 Å². The number of hydrogen-bond acceptors (Lipinski definition) is 3. The minimum Gasteiger partial charge on any atom is -0.380 e. The van der Waals surface area contributed by atoms with Crippen LogP contribution in [0.25, 0.3) is 0 Å². The van der Waals surface area contributed by atoms with Crippen molar-refractivity contribution < 1.29 is 8.42 Å². The molecular formula is C16H20ClNO2S. The van der Waals surface area contributed by atoms with E-state index >= 15 is 0 Å². The van der Waals surface area contributed by atoms with Gasteiger partial charge in [-0.3, -0.25) is 0 Å². The molecule has 0 fully saturated rings. The Morgan fingerprint density at radius 1 is 0.810 bits per heavy atom. The molecular weight excluding hydrogens is 306 g/mol. The highest BCUT2D eigenvalue weighted by atomic mass is 35.5. The van der Waals surface area contributed by atoms with Crippen LogP contribution in [0.3, 0.4) is 0 Å². The summed E-state index contributed by atoms with van der Waals surface area (Å²) in [6.45, 7) is 6.17. The number of anilines is 1. The third kappa shape index (κ3) is 4.48. The molecule has 0 aliphatic rings. The van der Waals surface area contributed by atoms with Crippen molar-refractivity contribution in [2.75, 3.05) is 5.32 Å². The summed E-state index contributed by atoms with van der Waals surface area (Å²) in [5.41, 5.74) is 0.851. The van der Waals surface area contributed by atoms with E-state index in [1.807, 2.05) is 0 Å². The summed E-state index contributed by atoms with van der Waals surface area (Å²) in [7, 11) is -3.43. The Bertz CT molecular complexity index is 674. The third-order valence-electron chi connectivity index (χ3n) is 2.74. The van der Waals surface area contributed by atoms with Gasteiger partial charge in [-0.25, -0.2) is 8.42 Å². The topological polar surface area (TPSA) is 46.2 Å². The summed E-state index contributed by atoms with van der Waals surface area (Å²) in [6.07, 6.45) is 0.